The highest BCUT2D eigenvalue weighted by Gasteiger charge is 2.30. The van der Waals surface area contributed by atoms with E-state index in [4.69, 9.17) is 11.6 Å². The van der Waals surface area contributed by atoms with Gasteiger partial charge in [0.25, 0.3) is 0 Å². The fourth-order valence-corrected chi connectivity index (χ4v) is 3.49. The number of aromatic amines is 1. The molecule has 0 radical (unpaired) electrons. The van der Waals surface area contributed by atoms with E-state index < -0.39 is 5.92 Å². The van der Waals surface area contributed by atoms with Gasteiger partial charge in [-0.1, -0.05) is 29.8 Å². The molecule has 3 heterocycles. The molecule has 5 nitrogen and oxygen atoms in total. The number of hydrogen-bond acceptors (Lipinski definition) is 3. The van der Waals surface area contributed by atoms with E-state index in [1.54, 1.807) is 6.20 Å². The highest BCUT2D eigenvalue weighted by atomic mass is 35.5. The lowest BCUT2D eigenvalue weighted by molar-refractivity contribution is -0.134. The predicted octanol–water partition coefficient (Wildman–Crippen LogP) is 3.40. The lowest BCUT2D eigenvalue weighted by Gasteiger charge is -2.23. The van der Waals surface area contributed by atoms with Crippen LogP contribution in [0, 0.1) is 0 Å². The number of imide groups is 1. The number of hydrogen-bond donors (Lipinski definition) is 2. The fourth-order valence-electron chi connectivity index (χ4n) is 3.12. The van der Waals surface area contributed by atoms with E-state index >= 15 is 0 Å². The molecule has 1 unspecified atom stereocenters. The number of halogens is 1. The number of H-pyrrole nitrogens is 1. The minimum Gasteiger partial charge on any atom is -0.346 e. The molecule has 1 aliphatic heterocycles. The Morgan fingerprint density at radius 3 is 2.92 bits per heavy atom. The molecular formula is C18H14ClN3O2. The van der Waals surface area contributed by atoms with Crippen LogP contribution in [0.15, 0.2) is 42.7 Å². The van der Waals surface area contributed by atoms with Gasteiger partial charge in [-0.25, -0.2) is 4.98 Å². The van der Waals surface area contributed by atoms with Crippen LogP contribution in [-0.4, -0.2) is 21.8 Å². The summed E-state index contributed by atoms with van der Waals surface area (Å²) < 4.78 is 0. The van der Waals surface area contributed by atoms with E-state index in [0.717, 1.165) is 27.7 Å². The molecule has 1 fully saturated rings. The number of rotatable bonds is 2. The maximum absolute atomic E-state index is 12.1. The standard InChI is InChI=1S/C18H14ClN3O2/c19-16-12(11-8-10-6-7-20-17(10)21-9-11)2-1-3-13(16)14-4-5-15(23)22-18(14)24/h1-3,6-9,14H,4-5H2,(H,20,21)(H,22,23,24). The number of fused-ring (bicyclic) bond motifs is 1. The molecule has 0 saturated carbocycles. The third kappa shape index (κ3) is 2.47. The molecule has 2 amide bonds. The van der Waals surface area contributed by atoms with Crippen molar-refractivity contribution in [3.05, 3.63) is 53.3 Å². The lowest BCUT2D eigenvalue weighted by atomic mass is 9.88. The van der Waals surface area contributed by atoms with Crippen molar-refractivity contribution in [2.45, 2.75) is 18.8 Å². The summed E-state index contributed by atoms with van der Waals surface area (Å²) in [5.74, 6) is -0.922. The molecule has 1 saturated heterocycles. The van der Waals surface area contributed by atoms with Crippen LogP contribution in [0.4, 0.5) is 0 Å². The van der Waals surface area contributed by atoms with Gasteiger partial charge >= 0.3 is 0 Å². The Hall–Kier alpha value is -2.66. The van der Waals surface area contributed by atoms with Crippen molar-refractivity contribution in [3.8, 4) is 11.1 Å². The summed E-state index contributed by atoms with van der Waals surface area (Å²) in [5.41, 5.74) is 3.28. The summed E-state index contributed by atoms with van der Waals surface area (Å²) in [6, 6.07) is 9.58. The first-order chi connectivity index (χ1) is 11.6. The average Bonchev–Trinajstić information content (AvgIpc) is 3.03. The Kier molecular flexibility index (Phi) is 3.58. The van der Waals surface area contributed by atoms with Gasteiger partial charge in [-0.3, -0.25) is 14.9 Å². The third-order valence-electron chi connectivity index (χ3n) is 4.35. The highest BCUT2D eigenvalue weighted by Crippen LogP contribution is 2.37. The number of nitrogens with zero attached hydrogens (tertiary/aromatic N) is 1. The summed E-state index contributed by atoms with van der Waals surface area (Å²) in [4.78, 5) is 30.9. The molecule has 0 spiro atoms. The molecule has 4 rings (SSSR count). The van der Waals surface area contributed by atoms with Gasteiger partial charge in [-0.2, -0.15) is 0 Å². The zero-order chi connectivity index (χ0) is 16.7. The zero-order valence-corrected chi connectivity index (χ0v) is 13.4. The summed E-state index contributed by atoms with van der Waals surface area (Å²) in [5, 5.41) is 3.91. The Morgan fingerprint density at radius 2 is 2.08 bits per heavy atom. The third-order valence-corrected chi connectivity index (χ3v) is 4.78. The van der Waals surface area contributed by atoms with Crippen LogP contribution in [0.1, 0.15) is 24.3 Å². The summed E-state index contributed by atoms with van der Waals surface area (Å²) in [6.45, 7) is 0. The fraction of sp³-hybridized carbons (Fsp3) is 0.167. The molecule has 0 bridgehead atoms. The van der Waals surface area contributed by atoms with Crippen LogP contribution in [0.3, 0.4) is 0 Å². The largest absolute Gasteiger partial charge is 0.346 e. The van der Waals surface area contributed by atoms with Crippen LogP contribution >= 0.6 is 11.6 Å². The lowest BCUT2D eigenvalue weighted by Crippen LogP contribution is -2.39. The van der Waals surface area contributed by atoms with Crippen LogP contribution in [0.25, 0.3) is 22.2 Å². The second-order valence-electron chi connectivity index (χ2n) is 5.85. The molecule has 1 aromatic carbocycles. The molecule has 0 aliphatic carbocycles. The molecular weight excluding hydrogens is 326 g/mol. The van der Waals surface area contributed by atoms with Crippen molar-refractivity contribution in [2.24, 2.45) is 0 Å². The van der Waals surface area contributed by atoms with E-state index in [-0.39, 0.29) is 11.8 Å². The van der Waals surface area contributed by atoms with Crippen LogP contribution < -0.4 is 5.32 Å². The second kappa shape index (κ2) is 5.76. The number of piperidine rings is 1. The monoisotopic (exact) mass is 339 g/mol. The van der Waals surface area contributed by atoms with Gasteiger partial charge in [0.2, 0.25) is 11.8 Å². The number of amides is 2. The average molecular weight is 340 g/mol. The van der Waals surface area contributed by atoms with Gasteiger partial charge in [0.1, 0.15) is 5.65 Å². The Labute approximate surface area is 143 Å². The van der Waals surface area contributed by atoms with E-state index in [0.29, 0.717) is 17.9 Å². The minimum absolute atomic E-state index is 0.231. The number of carbonyl (C=O) groups is 2. The number of nitrogens with one attached hydrogen (secondary N) is 2. The van der Waals surface area contributed by atoms with Crippen molar-refractivity contribution in [3.63, 3.8) is 0 Å². The van der Waals surface area contributed by atoms with E-state index in [1.807, 2.05) is 36.5 Å². The summed E-state index contributed by atoms with van der Waals surface area (Å²) >= 11 is 6.60. The van der Waals surface area contributed by atoms with Gasteiger partial charge in [0.15, 0.2) is 0 Å². The second-order valence-corrected chi connectivity index (χ2v) is 6.23. The molecule has 6 heteroatoms. The summed E-state index contributed by atoms with van der Waals surface area (Å²) in [7, 11) is 0. The predicted molar refractivity (Wildman–Crippen MR) is 91.7 cm³/mol. The smallest absolute Gasteiger partial charge is 0.234 e. The first-order valence-corrected chi connectivity index (χ1v) is 8.07. The minimum atomic E-state index is -0.404. The van der Waals surface area contributed by atoms with E-state index in [2.05, 4.69) is 15.3 Å². The summed E-state index contributed by atoms with van der Waals surface area (Å²) in [6.07, 6.45) is 4.40. The van der Waals surface area contributed by atoms with E-state index in [9.17, 15) is 9.59 Å². The zero-order valence-electron chi connectivity index (χ0n) is 12.7. The molecule has 2 aromatic heterocycles. The molecule has 1 atom stereocenters. The Morgan fingerprint density at radius 1 is 1.21 bits per heavy atom. The number of pyridine rings is 1. The van der Waals surface area contributed by atoms with Gasteiger partial charge in [-0.15, -0.1) is 0 Å². The molecule has 1 aliphatic rings. The Bertz CT molecular complexity index is 964. The first kappa shape index (κ1) is 14.9. The Balaban J connectivity index is 1.77. The van der Waals surface area contributed by atoms with Crippen LogP contribution in [0.5, 0.6) is 0 Å². The van der Waals surface area contributed by atoms with Crippen LogP contribution in [0.2, 0.25) is 5.02 Å². The topological polar surface area (TPSA) is 74.8 Å². The van der Waals surface area contributed by atoms with Crippen molar-refractivity contribution < 1.29 is 9.59 Å². The van der Waals surface area contributed by atoms with Gasteiger partial charge < -0.3 is 4.98 Å². The maximum atomic E-state index is 12.1. The van der Waals surface area contributed by atoms with Crippen molar-refractivity contribution >= 4 is 34.4 Å². The van der Waals surface area contributed by atoms with Crippen LogP contribution in [-0.2, 0) is 9.59 Å². The quantitative estimate of drug-likeness (QED) is 0.703. The van der Waals surface area contributed by atoms with Crippen molar-refractivity contribution in [1.29, 1.82) is 0 Å². The van der Waals surface area contributed by atoms with Gasteiger partial charge in [-0.05, 0) is 24.1 Å². The number of benzene rings is 1. The van der Waals surface area contributed by atoms with Gasteiger partial charge in [0, 0.05) is 35.3 Å². The number of carbonyl (C=O) groups excluding carboxylic acids is 2. The number of aromatic nitrogens is 2. The van der Waals surface area contributed by atoms with Gasteiger partial charge in [0.05, 0.1) is 10.9 Å². The molecule has 24 heavy (non-hydrogen) atoms. The molecule has 120 valence electrons. The highest BCUT2D eigenvalue weighted by molar-refractivity contribution is 6.34. The van der Waals surface area contributed by atoms with E-state index in [1.165, 1.54) is 0 Å². The maximum Gasteiger partial charge on any atom is 0.234 e. The first-order valence-electron chi connectivity index (χ1n) is 7.69. The molecule has 2 N–H and O–H groups in total. The molecule has 3 aromatic rings. The van der Waals surface area contributed by atoms with Crippen molar-refractivity contribution in [1.82, 2.24) is 15.3 Å². The normalized spacial score (nSPS) is 18.0. The van der Waals surface area contributed by atoms with Crippen molar-refractivity contribution in [2.75, 3.05) is 0 Å². The SMILES string of the molecule is O=C1CCC(c2cccc(-c3cnc4[nH]ccc4c3)c2Cl)C(=O)N1.